The lowest BCUT2D eigenvalue weighted by Gasteiger charge is -2.47. The Labute approximate surface area is 251 Å². The number of nitrogens with zero attached hydrogens (tertiary/aromatic N) is 1. The van der Waals surface area contributed by atoms with E-state index in [-0.39, 0.29) is 53.5 Å². The zero-order chi connectivity index (χ0) is 31.0. The largest absolute Gasteiger partial charge is 0.418 e. The van der Waals surface area contributed by atoms with Crippen molar-refractivity contribution in [1.82, 2.24) is 4.90 Å². The Morgan fingerprint density at radius 2 is 1.73 bits per heavy atom. The molecular weight excluding hydrogens is 538 g/mol. The summed E-state index contributed by atoms with van der Waals surface area (Å²) in [5.74, 6) is -0.689. The van der Waals surface area contributed by atoms with Crippen molar-refractivity contribution in [1.29, 1.82) is 0 Å². The number of hydrogen-bond donors (Lipinski definition) is 0. The Balaban J connectivity index is 2.17. The molecule has 1 amide bonds. The molecule has 2 rings (SSSR count). The SMILES string of the molecule is CC(C)N(C(=O)O/C=C\[C@H](CCOC1CCCCO1)[C@@H]1OC(C)(C)O[C@H](CCO[Si](C)(C)C(C)(C)C)[C@@H]1C)C(C)C. The molecule has 2 heterocycles. The second-order valence-corrected chi connectivity index (χ2v) is 19.1. The van der Waals surface area contributed by atoms with Crippen LogP contribution in [0, 0.1) is 11.8 Å². The number of hydrogen-bond acceptors (Lipinski definition) is 7. The summed E-state index contributed by atoms with van der Waals surface area (Å²) in [6.45, 7) is 27.4. The van der Waals surface area contributed by atoms with Crippen molar-refractivity contribution >= 4 is 14.4 Å². The van der Waals surface area contributed by atoms with Gasteiger partial charge in [0, 0.05) is 37.1 Å². The zero-order valence-corrected chi connectivity index (χ0v) is 29.2. The van der Waals surface area contributed by atoms with Gasteiger partial charge in [-0.05, 0) is 97.9 Å². The van der Waals surface area contributed by atoms with Gasteiger partial charge in [0.15, 0.2) is 20.4 Å². The molecule has 0 radical (unpaired) electrons. The van der Waals surface area contributed by atoms with E-state index in [4.69, 9.17) is 28.1 Å². The number of carbonyl (C=O) groups excluding carboxylic acids is 1. The van der Waals surface area contributed by atoms with Crippen molar-refractivity contribution in [3.63, 3.8) is 0 Å². The fraction of sp³-hybridized carbons (Fsp3) is 0.906. The first-order valence-electron chi connectivity index (χ1n) is 15.8. The minimum Gasteiger partial charge on any atom is -0.418 e. The first-order valence-corrected chi connectivity index (χ1v) is 18.7. The molecule has 2 saturated heterocycles. The van der Waals surface area contributed by atoms with Gasteiger partial charge in [0.2, 0.25) is 0 Å². The molecule has 0 aromatic carbocycles. The Hall–Kier alpha value is -0.973. The minimum atomic E-state index is -1.85. The number of amides is 1. The van der Waals surface area contributed by atoms with Crippen molar-refractivity contribution in [2.45, 2.75) is 156 Å². The molecule has 2 fully saturated rings. The second-order valence-electron chi connectivity index (χ2n) is 14.3. The van der Waals surface area contributed by atoms with E-state index >= 15 is 0 Å². The number of carbonyl (C=O) groups is 1. The highest BCUT2D eigenvalue weighted by Crippen LogP contribution is 2.39. The molecule has 0 aromatic heterocycles. The Morgan fingerprint density at radius 3 is 2.29 bits per heavy atom. The summed E-state index contributed by atoms with van der Waals surface area (Å²) in [4.78, 5) is 14.6. The van der Waals surface area contributed by atoms with E-state index < -0.39 is 14.1 Å². The highest BCUT2D eigenvalue weighted by Gasteiger charge is 2.44. The summed E-state index contributed by atoms with van der Waals surface area (Å²) in [7, 11) is -1.85. The lowest BCUT2D eigenvalue weighted by molar-refractivity contribution is -0.327. The Kier molecular flexibility index (Phi) is 13.8. The van der Waals surface area contributed by atoms with Crippen LogP contribution in [-0.4, -0.2) is 75.5 Å². The van der Waals surface area contributed by atoms with Crippen LogP contribution in [-0.2, 0) is 28.1 Å². The molecular formula is C32H61NO7Si. The second kappa shape index (κ2) is 15.7. The molecule has 2 aliphatic heterocycles. The van der Waals surface area contributed by atoms with Crippen LogP contribution in [0.3, 0.4) is 0 Å². The van der Waals surface area contributed by atoms with Gasteiger partial charge in [0.05, 0.1) is 25.1 Å². The van der Waals surface area contributed by atoms with E-state index in [2.05, 4.69) is 40.8 Å². The molecule has 41 heavy (non-hydrogen) atoms. The van der Waals surface area contributed by atoms with E-state index in [0.29, 0.717) is 19.6 Å². The molecule has 0 spiro atoms. The third-order valence-electron chi connectivity index (χ3n) is 8.76. The van der Waals surface area contributed by atoms with Gasteiger partial charge in [0.25, 0.3) is 0 Å². The van der Waals surface area contributed by atoms with E-state index in [1.54, 1.807) is 4.90 Å². The lowest BCUT2D eigenvalue weighted by Crippen LogP contribution is -2.53. The van der Waals surface area contributed by atoms with Crippen LogP contribution < -0.4 is 0 Å². The van der Waals surface area contributed by atoms with Crippen molar-refractivity contribution in [2.75, 3.05) is 19.8 Å². The first-order chi connectivity index (χ1) is 18.9. The predicted octanol–water partition coefficient (Wildman–Crippen LogP) is 7.87. The summed E-state index contributed by atoms with van der Waals surface area (Å²) in [5.41, 5.74) is 0. The lowest BCUT2D eigenvalue weighted by atomic mass is 9.84. The van der Waals surface area contributed by atoms with Crippen LogP contribution in [0.25, 0.3) is 0 Å². The summed E-state index contributed by atoms with van der Waals surface area (Å²) in [6.07, 6.45) is 7.48. The quantitative estimate of drug-likeness (QED) is 0.157. The first kappa shape index (κ1) is 36.2. The molecule has 5 atom stereocenters. The van der Waals surface area contributed by atoms with Crippen molar-refractivity contribution < 1.29 is 32.9 Å². The van der Waals surface area contributed by atoms with Crippen LogP contribution in [0.4, 0.5) is 4.79 Å². The van der Waals surface area contributed by atoms with Gasteiger partial charge >= 0.3 is 6.09 Å². The van der Waals surface area contributed by atoms with Gasteiger partial charge in [-0.3, -0.25) is 0 Å². The minimum absolute atomic E-state index is 0.0214. The molecule has 8 nitrogen and oxygen atoms in total. The van der Waals surface area contributed by atoms with Crippen LogP contribution in [0.5, 0.6) is 0 Å². The fourth-order valence-corrected chi connectivity index (χ4v) is 6.48. The molecule has 2 aliphatic rings. The van der Waals surface area contributed by atoms with Crippen LogP contribution >= 0.6 is 0 Å². The molecule has 0 N–H and O–H groups in total. The smallest absolute Gasteiger partial charge is 0.415 e. The van der Waals surface area contributed by atoms with Crippen molar-refractivity contribution in [3.05, 3.63) is 12.3 Å². The summed E-state index contributed by atoms with van der Waals surface area (Å²) < 4.78 is 37.0. The topological polar surface area (TPSA) is 75.7 Å². The van der Waals surface area contributed by atoms with Gasteiger partial charge in [-0.2, -0.15) is 0 Å². The normalized spacial score (nSPS) is 26.5. The average molecular weight is 600 g/mol. The Morgan fingerprint density at radius 1 is 1.07 bits per heavy atom. The van der Waals surface area contributed by atoms with Crippen molar-refractivity contribution in [3.8, 4) is 0 Å². The summed E-state index contributed by atoms with van der Waals surface area (Å²) >= 11 is 0. The third-order valence-corrected chi connectivity index (χ3v) is 13.3. The zero-order valence-electron chi connectivity index (χ0n) is 28.2. The average Bonchev–Trinajstić information content (AvgIpc) is 2.84. The predicted molar refractivity (Wildman–Crippen MR) is 166 cm³/mol. The van der Waals surface area contributed by atoms with Gasteiger partial charge in [0.1, 0.15) is 0 Å². The fourth-order valence-electron chi connectivity index (χ4n) is 5.42. The molecule has 0 bridgehead atoms. The summed E-state index contributed by atoms with van der Waals surface area (Å²) in [6, 6.07) is 0.0917. The monoisotopic (exact) mass is 599 g/mol. The van der Waals surface area contributed by atoms with Gasteiger partial charge < -0.3 is 33.0 Å². The van der Waals surface area contributed by atoms with E-state index in [1.165, 1.54) is 6.26 Å². The number of rotatable bonds is 13. The van der Waals surface area contributed by atoms with Gasteiger partial charge in [-0.15, -0.1) is 0 Å². The van der Waals surface area contributed by atoms with Crippen LogP contribution in [0.2, 0.25) is 18.1 Å². The van der Waals surface area contributed by atoms with E-state index in [0.717, 1.165) is 32.3 Å². The molecule has 0 aliphatic carbocycles. The Bertz CT molecular complexity index is 809. The summed E-state index contributed by atoms with van der Waals surface area (Å²) in [5, 5.41) is 0.160. The number of ether oxygens (including phenoxy) is 5. The van der Waals surface area contributed by atoms with E-state index in [9.17, 15) is 4.79 Å². The van der Waals surface area contributed by atoms with E-state index in [1.807, 2.05) is 47.6 Å². The van der Waals surface area contributed by atoms with Gasteiger partial charge in [-0.1, -0.05) is 27.7 Å². The molecule has 0 aromatic rings. The highest BCUT2D eigenvalue weighted by molar-refractivity contribution is 6.74. The molecule has 0 saturated carbocycles. The standard InChI is InChI=1S/C32H61NO7Si/c1-23(2)33(24(3)4)30(34)37-21-17-26(16-20-36-28-15-13-14-19-35-28)29-25(5)27(39-32(9,10)40-29)18-22-38-41(11,12)31(6,7)8/h17,21,23-29H,13-16,18-20,22H2,1-12H3/b21-17-/t25-,26-,27+,28?,29+/m0/s1. The molecule has 9 heteroatoms. The van der Waals surface area contributed by atoms with Gasteiger partial charge in [-0.25, -0.2) is 4.79 Å². The third kappa shape index (κ3) is 11.2. The van der Waals surface area contributed by atoms with Crippen LogP contribution in [0.15, 0.2) is 12.3 Å². The van der Waals surface area contributed by atoms with Crippen LogP contribution in [0.1, 0.15) is 101 Å². The molecule has 1 unspecified atom stereocenters. The van der Waals surface area contributed by atoms with Crippen molar-refractivity contribution in [2.24, 2.45) is 11.8 Å². The maximum absolute atomic E-state index is 12.8. The maximum atomic E-state index is 12.8. The highest BCUT2D eigenvalue weighted by atomic mass is 28.4. The molecule has 240 valence electrons. The maximum Gasteiger partial charge on any atom is 0.415 e.